The van der Waals surface area contributed by atoms with Crippen molar-refractivity contribution in [3.8, 4) is 0 Å². The van der Waals surface area contributed by atoms with Crippen molar-refractivity contribution in [2.45, 2.75) is 18.3 Å². The lowest BCUT2D eigenvalue weighted by Gasteiger charge is -2.32. The number of likely N-dealkylation sites (tertiary alicyclic amines) is 1. The molecule has 3 aromatic carbocycles. The number of hydrogen-bond acceptors (Lipinski definition) is 1. The van der Waals surface area contributed by atoms with Crippen molar-refractivity contribution in [1.29, 1.82) is 0 Å². The molecule has 0 radical (unpaired) electrons. The third-order valence-corrected chi connectivity index (χ3v) is 10.3. The van der Waals surface area contributed by atoms with Gasteiger partial charge in [-0.1, -0.05) is 54.6 Å². The Morgan fingerprint density at radius 3 is 1.53 bits per heavy atom. The van der Waals surface area contributed by atoms with Crippen LogP contribution in [0.5, 0.6) is 0 Å². The largest absolute Gasteiger partial charge is 0.406 e. The van der Waals surface area contributed by atoms with Crippen molar-refractivity contribution in [1.82, 2.24) is 4.90 Å². The molecule has 0 N–H and O–H groups in total. The Labute approximate surface area is 174 Å². The summed E-state index contributed by atoms with van der Waals surface area (Å²) in [7, 11) is -2.52. The van der Waals surface area contributed by atoms with Crippen LogP contribution in [0.1, 0.15) is 6.42 Å². The second kappa shape index (κ2) is 8.23. The van der Waals surface area contributed by atoms with Gasteiger partial charge in [-0.05, 0) is 36.4 Å². The summed E-state index contributed by atoms with van der Waals surface area (Å²) in [6, 6.07) is 29.4. The minimum absolute atomic E-state index is 0.122. The van der Waals surface area contributed by atoms with Gasteiger partial charge in [-0.3, -0.25) is 4.79 Å². The van der Waals surface area contributed by atoms with E-state index in [0.29, 0.717) is 6.42 Å². The van der Waals surface area contributed by atoms with Gasteiger partial charge in [-0.2, -0.15) is 13.2 Å². The molecule has 1 aliphatic heterocycles. The van der Waals surface area contributed by atoms with Crippen LogP contribution in [-0.4, -0.2) is 35.7 Å². The molecule has 0 unspecified atom stereocenters. The maximum atomic E-state index is 13.4. The highest BCUT2D eigenvalue weighted by Crippen LogP contribution is 2.62. The van der Waals surface area contributed by atoms with Gasteiger partial charge in [0.05, 0.1) is 0 Å². The predicted octanol–water partition coefficient (Wildman–Crippen LogP) is 4.14. The normalized spacial score (nSPS) is 17.4. The molecule has 4 rings (SSSR count). The van der Waals surface area contributed by atoms with Crippen molar-refractivity contribution >= 4 is 29.1 Å². The summed E-state index contributed by atoms with van der Waals surface area (Å²) in [6.07, 6.45) is -4.00. The topological polar surface area (TPSA) is 20.3 Å². The van der Waals surface area contributed by atoms with E-state index in [1.54, 1.807) is 0 Å². The molecule has 0 saturated carbocycles. The number of carbonyl (C=O) groups excluding carboxylic acids is 1. The van der Waals surface area contributed by atoms with Gasteiger partial charge in [-0.25, -0.2) is 0 Å². The highest BCUT2D eigenvalue weighted by atomic mass is 31.2. The van der Waals surface area contributed by atoms with E-state index in [2.05, 4.69) is 0 Å². The lowest BCUT2D eigenvalue weighted by Crippen LogP contribution is -2.44. The van der Waals surface area contributed by atoms with Gasteiger partial charge in [0.15, 0.2) is 5.66 Å². The van der Waals surface area contributed by atoms with Crippen molar-refractivity contribution in [2.75, 3.05) is 13.1 Å². The first-order valence-corrected chi connectivity index (χ1v) is 11.7. The monoisotopic (exact) mass is 428 g/mol. The third-order valence-electron chi connectivity index (χ3n) is 5.60. The summed E-state index contributed by atoms with van der Waals surface area (Å²) in [5, 5.41) is 3.03. The van der Waals surface area contributed by atoms with Crippen LogP contribution >= 0.6 is 7.26 Å². The smallest absolute Gasteiger partial charge is 0.330 e. The van der Waals surface area contributed by atoms with E-state index in [1.807, 2.05) is 91.0 Å². The molecule has 1 aliphatic rings. The molecule has 0 spiro atoms. The Kier molecular flexibility index (Phi) is 5.66. The average molecular weight is 428 g/mol. The summed E-state index contributed by atoms with van der Waals surface area (Å²) in [4.78, 5) is 14.4. The first kappa shape index (κ1) is 20.6. The van der Waals surface area contributed by atoms with Gasteiger partial charge >= 0.3 is 6.18 Å². The number of rotatable bonds is 5. The van der Waals surface area contributed by atoms with Crippen LogP contribution in [0, 0.1) is 0 Å². The molecule has 154 valence electrons. The van der Waals surface area contributed by atoms with Gasteiger partial charge in [0.25, 0.3) is 5.91 Å². The van der Waals surface area contributed by atoms with E-state index in [9.17, 15) is 18.0 Å². The molecular formula is C24H22F3NOP+. The number of nitrogens with zero attached hydrogens (tertiary/aromatic N) is 1. The third kappa shape index (κ3) is 3.75. The Morgan fingerprint density at radius 2 is 1.17 bits per heavy atom. The van der Waals surface area contributed by atoms with Crippen LogP contribution in [0.3, 0.4) is 0 Å². The summed E-state index contributed by atoms with van der Waals surface area (Å²) in [6.45, 7) is -1.07. The van der Waals surface area contributed by atoms with E-state index in [1.165, 1.54) is 0 Å². The van der Waals surface area contributed by atoms with Crippen molar-refractivity contribution in [3.63, 3.8) is 0 Å². The number of alkyl halides is 3. The summed E-state index contributed by atoms with van der Waals surface area (Å²) in [5.41, 5.74) is -0.521. The van der Waals surface area contributed by atoms with Crippen LogP contribution in [-0.2, 0) is 4.79 Å². The van der Waals surface area contributed by atoms with E-state index < -0.39 is 31.5 Å². The Hall–Kier alpha value is -2.65. The van der Waals surface area contributed by atoms with Crippen LogP contribution in [0.15, 0.2) is 91.0 Å². The maximum Gasteiger partial charge on any atom is 0.406 e. The summed E-state index contributed by atoms with van der Waals surface area (Å²) >= 11 is 0. The number of carbonyl (C=O) groups is 1. The maximum absolute atomic E-state index is 13.4. The van der Waals surface area contributed by atoms with Crippen molar-refractivity contribution < 1.29 is 18.0 Å². The Balaban J connectivity index is 1.94. The number of hydrogen-bond donors (Lipinski definition) is 0. The SMILES string of the molecule is O=C1[C@H]([P+](c2ccccc2)(c2ccccc2)c2ccccc2)CCN1CC(F)(F)F. The van der Waals surface area contributed by atoms with Crippen molar-refractivity contribution in [3.05, 3.63) is 91.0 Å². The zero-order chi connectivity index (χ0) is 21.2. The fraction of sp³-hybridized carbons (Fsp3) is 0.208. The first-order valence-electron chi connectivity index (χ1n) is 9.84. The van der Waals surface area contributed by atoms with Gasteiger partial charge in [0.2, 0.25) is 0 Å². The number of benzene rings is 3. The highest BCUT2D eigenvalue weighted by Gasteiger charge is 2.59. The van der Waals surface area contributed by atoms with E-state index >= 15 is 0 Å². The number of amides is 1. The van der Waals surface area contributed by atoms with Crippen LogP contribution in [0.4, 0.5) is 13.2 Å². The molecule has 3 aromatic rings. The fourth-order valence-electron chi connectivity index (χ4n) is 4.43. The average Bonchev–Trinajstić information content (AvgIpc) is 3.10. The minimum atomic E-state index is -4.40. The molecule has 2 nitrogen and oxygen atoms in total. The first-order chi connectivity index (χ1) is 14.4. The van der Waals surface area contributed by atoms with E-state index in [-0.39, 0.29) is 6.54 Å². The quantitative estimate of drug-likeness (QED) is 0.560. The lowest BCUT2D eigenvalue weighted by molar-refractivity contribution is -0.157. The van der Waals surface area contributed by atoms with Crippen LogP contribution < -0.4 is 15.9 Å². The highest BCUT2D eigenvalue weighted by molar-refractivity contribution is 7.96. The van der Waals surface area contributed by atoms with Gasteiger partial charge in [0, 0.05) is 13.0 Å². The molecule has 0 aliphatic carbocycles. The van der Waals surface area contributed by atoms with Crippen LogP contribution in [0.2, 0.25) is 0 Å². The van der Waals surface area contributed by atoms with E-state index in [4.69, 9.17) is 0 Å². The molecule has 30 heavy (non-hydrogen) atoms. The predicted molar refractivity (Wildman–Crippen MR) is 116 cm³/mol. The van der Waals surface area contributed by atoms with Crippen molar-refractivity contribution in [2.24, 2.45) is 0 Å². The van der Waals surface area contributed by atoms with E-state index in [0.717, 1.165) is 20.8 Å². The van der Waals surface area contributed by atoms with Gasteiger partial charge in [0.1, 0.15) is 29.7 Å². The minimum Gasteiger partial charge on any atom is -0.330 e. The standard InChI is InChI=1S/C24H22F3NOP/c25-24(26,27)18-28-17-16-22(23(28)29)30(19-10-4-1-5-11-19,20-12-6-2-7-13-20)21-14-8-3-9-15-21/h1-15,22H,16-18H2/q+1/t22-/m1/s1. The molecule has 1 heterocycles. The molecular weight excluding hydrogens is 406 g/mol. The molecule has 0 aromatic heterocycles. The second-order valence-electron chi connectivity index (χ2n) is 7.41. The molecule has 0 bridgehead atoms. The Morgan fingerprint density at radius 1 is 0.767 bits per heavy atom. The zero-order valence-electron chi connectivity index (χ0n) is 16.3. The fourth-order valence-corrected chi connectivity index (χ4v) is 9.33. The molecule has 1 amide bonds. The lowest BCUT2D eigenvalue weighted by atomic mass is 10.3. The van der Waals surface area contributed by atoms with Crippen LogP contribution in [0.25, 0.3) is 0 Å². The molecule has 6 heteroatoms. The Bertz CT molecular complexity index is 897. The second-order valence-corrected chi connectivity index (χ2v) is 11.0. The van der Waals surface area contributed by atoms with Gasteiger partial charge in [-0.15, -0.1) is 0 Å². The molecule has 1 saturated heterocycles. The summed E-state index contributed by atoms with van der Waals surface area (Å²) in [5.74, 6) is -0.405. The zero-order valence-corrected chi connectivity index (χ0v) is 17.2. The molecule has 1 fully saturated rings. The van der Waals surface area contributed by atoms with Gasteiger partial charge < -0.3 is 4.90 Å². The molecule has 1 atom stereocenters. The number of halogens is 3. The summed E-state index contributed by atoms with van der Waals surface area (Å²) < 4.78 is 39.3.